The molecule has 1 aliphatic rings. The molecule has 16 heavy (non-hydrogen) atoms. The Morgan fingerprint density at radius 1 is 1.12 bits per heavy atom. The molecule has 0 aliphatic heterocycles. The van der Waals surface area contributed by atoms with Crippen LogP contribution in [-0.4, -0.2) is 6.47 Å². The molecule has 78 valence electrons. The fourth-order valence-corrected chi connectivity index (χ4v) is 2.25. The van der Waals surface area contributed by atoms with E-state index < -0.39 is 0 Å². The summed E-state index contributed by atoms with van der Waals surface area (Å²) in [6.45, 7) is 0.502. The van der Waals surface area contributed by atoms with Gasteiger partial charge in [0.25, 0.3) is 6.47 Å². The molecule has 0 fully saturated rings. The van der Waals surface area contributed by atoms with Crippen molar-refractivity contribution in [3.8, 4) is 0 Å². The number of benzene rings is 2. The molecule has 0 spiro atoms. The van der Waals surface area contributed by atoms with E-state index in [2.05, 4.69) is 18.2 Å². The molecule has 0 heterocycles. The zero-order valence-corrected chi connectivity index (χ0v) is 8.59. The Kier molecular flexibility index (Phi) is 2.00. The Bertz CT molecular complexity index is 579. The smallest absolute Gasteiger partial charge is 0.294 e. The molecule has 0 saturated carbocycles. The van der Waals surface area contributed by atoms with E-state index in [4.69, 9.17) is 4.74 Å². The zero-order chi connectivity index (χ0) is 11.0. The lowest BCUT2D eigenvalue weighted by Crippen LogP contribution is -2.04. The number of carbonyl (C=O) groups is 1. The van der Waals surface area contributed by atoms with Crippen molar-refractivity contribution >= 4 is 23.3 Å². The molecule has 1 unspecified atom stereocenters. The summed E-state index contributed by atoms with van der Waals surface area (Å²) in [4.78, 5) is 10.4. The molecule has 1 aliphatic carbocycles. The Balaban J connectivity index is 2.31. The topological polar surface area (TPSA) is 26.3 Å². The SMILES string of the molecule is O=COC1C=Cc2cccc3cccc1c23. The third-order valence-electron chi connectivity index (χ3n) is 2.93. The van der Waals surface area contributed by atoms with Crippen molar-refractivity contribution < 1.29 is 9.53 Å². The predicted octanol–water partition coefficient (Wildman–Crippen LogP) is 3.08. The summed E-state index contributed by atoms with van der Waals surface area (Å²) in [5.41, 5.74) is 2.24. The fourth-order valence-electron chi connectivity index (χ4n) is 2.25. The van der Waals surface area contributed by atoms with Gasteiger partial charge in [-0.2, -0.15) is 0 Å². The first-order valence-electron chi connectivity index (χ1n) is 5.19. The fraction of sp³-hybridized carbons (Fsp3) is 0.0714. The molecular formula is C14H10O2. The molecule has 0 radical (unpaired) electrons. The van der Waals surface area contributed by atoms with Crippen molar-refractivity contribution in [1.82, 2.24) is 0 Å². The summed E-state index contributed by atoms with van der Waals surface area (Å²) in [7, 11) is 0. The molecule has 0 bridgehead atoms. The maximum atomic E-state index is 10.4. The summed E-state index contributed by atoms with van der Waals surface area (Å²) in [6, 6.07) is 12.2. The Morgan fingerprint density at radius 2 is 1.94 bits per heavy atom. The summed E-state index contributed by atoms with van der Waals surface area (Å²) >= 11 is 0. The van der Waals surface area contributed by atoms with E-state index in [0.717, 1.165) is 5.56 Å². The van der Waals surface area contributed by atoms with Gasteiger partial charge in [0.1, 0.15) is 6.10 Å². The second kappa shape index (κ2) is 3.49. The van der Waals surface area contributed by atoms with Crippen molar-refractivity contribution in [1.29, 1.82) is 0 Å². The molecule has 3 rings (SSSR count). The average Bonchev–Trinajstić information content (AvgIpc) is 2.33. The first kappa shape index (κ1) is 9.16. The van der Waals surface area contributed by atoms with Gasteiger partial charge < -0.3 is 4.74 Å². The lowest BCUT2D eigenvalue weighted by atomic mass is 9.91. The van der Waals surface area contributed by atoms with Crippen LogP contribution in [0.25, 0.3) is 16.8 Å². The summed E-state index contributed by atoms with van der Waals surface area (Å²) in [5, 5.41) is 2.36. The van der Waals surface area contributed by atoms with Crippen LogP contribution >= 0.6 is 0 Å². The van der Waals surface area contributed by atoms with Crippen LogP contribution in [0, 0.1) is 0 Å². The van der Waals surface area contributed by atoms with Crippen LogP contribution in [0.15, 0.2) is 42.5 Å². The third-order valence-corrected chi connectivity index (χ3v) is 2.93. The van der Waals surface area contributed by atoms with Gasteiger partial charge in [-0.1, -0.05) is 42.5 Å². The Labute approximate surface area is 93.2 Å². The molecular weight excluding hydrogens is 200 g/mol. The molecule has 0 saturated heterocycles. The highest BCUT2D eigenvalue weighted by molar-refractivity contribution is 5.95. The van der Waals surface area contributed by atoms with E-state index in [1.165, 1.54) is 16.3 Å². The van der Waals surface area contributed by atoms with Gasteiger partial charge in [0, 0.05) is 5.56 Å². The van der Waals surface area contributed by atoms with E-state index >= 15 is 0 Å². The minimum absolute atomic E-state index is 0.254. The van der Waals surface area contributed by atoms with E-state index in [-0.39, 0.29) is 6.10 Å². The monoisotopic (exact) mass is 210 g/mol. The van der Waals surface area contributed by atoms with Crippen LogP contribution in [0.3, 0.4) is 0 Å². The zero-order valence-electron chi connectivity index (χ0n) is 8.59. The number of hydrogen-bond acceptors (Lipinski definition) is 2. The van der Waals surface area contributed by atoms with E-state index in [1.54, 1.807) is 0 Å². The van der Waals surface area contributed by atoms with E-state index in [9.17, 15) is 4.79 Å². The lowest BCUT2D eigenvalue weighted by molar-refractivity contribution is -0.131. The van der Waals surface area contributed by atoms with Gasteiger partial charge in [-0.15, -0.1) is 0 Å². The summed E-state index contributed by atoms with van der Waals surface area (Å²) < 4.78 is 5.06. The van der Waals surface area contributed by atoms with Gasteiger partial charge in [0.15, 0.2) is 0 Å². The quantitative estimate of drug-likeness (QED) is 0.712. The first-order valence-corrected chi connectivity index (χ1v) is 5.19. The van der Waals surface area contributed by atoms with Crippen LogP contribution in [0.2, 0.25) is 0 Å². The number of hydrogen-bond donors (Lipinski definition) is 0. The summed E-state index contributed by atoms with van der Waals surface area (Å²) in [5.74, 6) is 0. The van der Waals surface area contributed by atoms with Gasteiger partial charge in [-0.05, 0) is 22.4 Å². The lowest BCUT2D eigenvalue weighted by Gasteiger charge is -2.19. The van der Waals surface area contributed by atoms with E-state index in [0.29, 0.717) is 6.47 Å². The minimum atomic E-state index is -0.254. The Morgan fingerprint density at radius 3 is 2.75 bits per heavy atom. The van der Waals surface area contributed by atoms with Crippen LogP contribution in [0.4, 0.5) is 0 Å². The highest BCUT2D eigenvalue weighted by atomic mass is 16.5. The summed E-state index contributed by atoms with van der Waals surface area (Å²) in [6.07, 6.45) is 3.66. The van der Waals surface area contributed by atoms with Crippen LogP contribution in [0.1, 0.15) is 17.2 Å². The van der Waals surface area contributed by atoms with Crippen LogP contribution < -0.4 is 0 Å². The standard InChI is InChI=1S/C14H10O2/c15-9-16-13-8-7-11-4-1-3-10-5-2-6-12(13)14(10)11/h1-9,13H. The van der Waals surface area contributed by atoms with Crippen molar-refractivity contribution in [2.45, 2.75) is 6.10 Å². The van der Waals surface area contributed by atoms with Crippen LogP contribution in [0.5, 0.6) is 0 Å². The maximum absolute atomic E-state index is 10.4. The second-order valence-electron chi connectivity index (χ2n) is 3.80. The van der Waals surface area contributed by atoms with Gasteiger partial charge in [-0.25, -0.2) is 0 Å². The molecule has 2 aromatic carbocycles. The maximum Gasteiger partial charge on any atom is 0.294 e. The second-order valence-corrected chi connectivity index (χ2v) is 3.80. The molecule has 0 amide bonds. The van der Waals surface area contributed by atoms with Crippen molar-refractivity contribution in [3.63, 3.8) is 0 Å². The first-order chi connectivity index (χ1) is 7.90. The van der Waals surface area contributed by atoms with Gasteiger partial charge in [-0.3, -0.25) is 4.79 Å². The predicted molar refractivity (Wildman–Crippen MR) is 62.9 cm³/mol. The third kappa shape index (κ3) is 1.23. The molecule has 1 atom stereocenters. The largest absolute Gasteiger partial charge is 0.455 e. The molecule has 2 nitrogen and oxygen atoms in total. The number of rotatable bonds is 2. The number of ether oxygens (including phenoxy) is 1. The van der Waals surface area contributed by atoms with Crippen molar-refractivity contribution in [2.75, 3.05) is 0 Å². The highest BCUT2D eigenvalue weighted by Gasteiger charge is 2.17. The van der Waals surface area contributed by atoms with E-state index in [1.807, 2.05) is 30.4 Å². The number of carbonyl (C=O) groups excluding carboxylic acids is 1. The van der Waals surface area contributed by atoms with Gasteiger partial charge in [0.2, 0.25) is 0 Å². The Hall–Kier alpha value is -2.09. The molecule has 2 heteroatoms. The van der Waals surface area contributed by atoms with Gasteiger partial charge in [0.05, 0.1) is 0 Å². The molecule has 2 aromatic rings. The van der Waals surface area contributed by atoms with Crippen LogP contribution in [-0.2, 0) is 9.53 Å². The minimum Gasteiger partial charge on any atom is -0.455 e. The van der Waals surface area contributed by atoms with Crippen molar-refractivity contribution in [2.24, 2.45) is 0 Å². The molecule has 0 N–H and O–H groups in total. The van der Waals surface area contributed by atoms with Gasteiger partial charge >= 0.3 is 0 Å². The highest BCUT2D eigenvalue weighted by Crippen LogP contribution is 2.34. The normalized spacial score (nSPS) is 17.4. The van der Waals surface area contributed by atoms with Crippen molar-refractivity contribution in [3.05, 3.63) is 53.6 Å². The average molecular weight is 210 g/mol. The molecule has 0 aromatic heterocycles.